The van der Waals surface area contributed by atoms with Crippen molar-refractivity contribution in [2.45, 2.75) is 25.7 Å². The number of hydrogen-bond acceptors (Lipinski definition) is 12. The van der Waals surface area contributed by atoms with E-state index in [1.165, 1.54) is 0 Å². The number of hydrogen-bond donors (Lipinski definition) is 4. The molecule has 6 aromatic heterocycles. The van der Waals surface area contributed by atoms with Crippen LogP contribution < -0.4 is 20.1 Å². The quantitative estimate of drug-likeness (QED) is 0.102. The van der Waals surface area contributed by atoms with Crippen LogP contribution >= 0.6 is 34.8 Å². The van der Waals surface area contributed by atoms with Crippen LogP contribution in [0.5, 0.6) is 11.5 Å². The van der Waals surface area contributed by atoms with Gasteiger partial charge in [0.05, 0.1) is 27.5 Å². The summed E-state index contributed by atoms with van der Waals surface area (Å²) in [6, 6.07) is 19.3. The fourth-order valence-corrected chi connectivity index (χ4v) is 8.67. The highest BCUT2D eigenvalue weighted by Crippen LogP contribution is 2.31. The maximum Gasteiger partial charge on any atom is 0.415 e. The number of amides is 2. The number of piperidine rings is 2. The molecule has 69 heavy (non-hydrogen) atoms. The summed E-state index contributed by atoms with van der Waals surface area (Å²) in [5, 5.41) is 9.02. The zero-order valence-electron chi connectivity index (χ0n) is 36.6. The Morgan fingerprint density at radius 2 is 1.14 bits per heavy atom. The lowest BCUT2D eigenvalue weighted by Gasteiger charge is -2.32. The number of nitrogens with one attached hydrogen (secondary N) is 4. The Morgan fingerprint density at radius 1 is 0.652 bits per heavy atom. The Labute approximate surface area is 408 Å². The average Bonchev–Trinajstić information content (AvgIpc) is 3.99. The zero-order chi connectivity index (χ0) is 47.9. The van der Waals surface area contributed by atoms with E-state index in [4.69, 9.17) is 44.3 Å². The van der Waals surface area contributed by atoms with E-state index in [0.717, 1.165) is 48.8 Å². The SMILES string of the molecule is O=C(Oc1ccccc1)N1CCCC(CNc2nc(-c3c[nH]c4ncc(Cl)cc34)ncc2F)C1.O=C(Oc1ccccc1Cl)N1CCCC(CNc2nc(-c3c[nH]c4ncc(Cl)cc34)ncc2F)C1. The van der Waals surface area contributed by atoms with Gasteiger partial charge in [0, 0.05) is 86.0 Å². The number of carbonyl (C=O) groups is 2. The van der Waals surface area contributed by atoms with Crippen molar-refractivity contribution in [3.8, 4) is 34.3 Å². The Bertz CT molecular complexity index is 3110. The molecule has 2 unspecified atom stereocenters. The van der Waals surface area contributed by atoms with Crippen LogP contribution in [0.2, 0.25) is 15.1 Å². The van der Waals surface area contributed by atoms with Gasteiger partial charge in [0.25, 0.3) is 0 Å². The van der Waals surface area contributed by atoms with Gasteiger partial charge in [0.2, 0.25) is 0 Å². The highest BCUT2D eigenvalue weighted by Gasteiger charge is 2.28. The number of benzene rings is 2. The zero-order valence-corrected chi connectivity index (χ0v) is 38.9. The molecule has 0 radical (unpaired) electrons. The molecule has 8 heterocycles. The first-order valence-electron chi connectivity index (χ1n) is 22.1. The van der Waals surface area contributed by atoms with Gasteiger partial charge in [-0.25, -0.2) is 48.3 Å². The Morgan fingerprint density at radius 3 is 1.67 bits per heavy atom. The van der Waals surface area contributed by atoms with Gasteiger partial charge >= 0.3 is 12.2 Å². The predicted octanol–water partition coefficient (Wildman–Crippen LogP) is 10.9. The largest absolute Gasteiger partial charge is 0.415 e. The highest BCUT2D eigenvalue weighted by atomic mass is 35.5. The number of para-hydroxylation sites is 2. The third-order valence-corrected chi connectivity index (χ3v) is 12.3. The van der Waals surface area contributed by atoms with E-state index in [0.29, 0.717) is 99.9 Å². The number of halogens is 5. The molecule has 0 saturated carbocycles. The van der Waals surface area contributed by atoms with Crippen molar-refractivity contribution in [1.82, 2.24) is 49.7 Å². The fourth-order valence-electron chi connectivity index (χ4n) is 8.18. The van der Waals surface area contributed by atoms with E-state index in [-0.39, 0.29) is 29.6 Å². The Kier molecular flexibility index (Phi) is 14.6. The molecule has 354 valence electrons. The van der Waals surface area contributed by atoms with Crippen LogP contribution in [0.3, 0.4) is 0 Å². The molecule has 2 fully saturated rings. The summed E-state index contributed by atoms with van der Waals surface area (Å²) in [5.41, 5.74) is 2.63. The van der Waals surface area contributed by atoms with Gasteiger partial charge in [-0.15, -0.1) is 0 Å². The van der Waals surface area contributed by atoms with Gasteiger partial charge in [0.15, 0.2) is 40.7 Å². The molecular formula is C48H43Cl3F2N12O4. The molecule has 4 N–H and O–H groups in total. The van der Waals surface area contributed by atoms with Crippen molar-refractivity contribution in [2.24, 2.45) is 11.8 Å². The number of anilines is 2. The number of rotatable bonds is 10. The number of ether oxygens (including phenoxy) is 2. The molecule has 10 rings (SSSR count). The standard InChI is InChI=1S/C24H21Cl2FN6O2.C24H22ClFN6O2/c25-15-8-16-17(11-30-21(16)29-10-15)22-31-12-19(27)23(32-22)28-9-14-4-3-7-33(13-14)24(34)35-20-6-2-1-5-18(20)26;25-16-9-18-19(12-29-21(18)28-11-16)22-30-13-20(26)23(31-22)27-10-15-5-4-8-32(14-15)24(33)34-17-6-2-1-3-7-17/h1-2,5-6,8,10-12,14H,3-4,7,9,13H2,(H,29,30)(H,28,31,32);1-3,6-7,9,11-13,15H,4-5,8,10,14H2,(H,28,29)(H,27,30,31). The maximum absolute atomic E-state index is 14.5. The van der Waals surface area contributed by atoms with Crippen molar-refractivity contribution < 1.29 is 27.8 Å². The number of aromatic nitrogens is 8. The summed E-state index contributed by atoms with van der Waals surface area (Å²) in [7, 11) is 0. The van der Waals surface area contributed by atoms with Crippen LogP contribution in [-0.2, 0) is 0 Å². The third-order valence-electron chi connectivity index (χ3n) is 11.6. The van der Waals surface area contributed by atoms with Gasteiger partial charge in [-0.2, -0.15) is 0 Å². The molecule has 0 spiro atoms. The van der Waals surface area contributed by atoms with Crippen molar-refractivity contribution in [3.63, 3.8) is 0 Å². The molecule has 2 aliphatic heterocycles. The molecule has 0 bridgehead atoms. The van der Waals surface area contributed by atoms with Gasteiger partial charge in [0.1, 0.15) is 17.0 Å². The van der Waals surface area contributed by atoms with Crippen molar-refractivity contribution in [3.05, 3.63) is 131 Å². The molecule has 16 nitrogen and oxygen atoms in total. The van der Waals surface area contributed by atoms with E-state index >= 15 is 0 Å². The normalized spacial score (nSPS) is 15.9. The molecule has 2 amide bonds. The number of likely N-dealkylation sites (tertiary alicyclic amines) is 2. The fraction of sp³-hybridized carbons (Fsp3) is 0.250. The van der Waals surface area contributed by atoms with Gasteiger partial charge in [-0.3, -0.25) is 0 Å². The lowest BCUT2D eigenvalue weighted by molar-refractivity contribution is 0.128. The van der Waals surface area contributed by atoms with Crippen molar-refractivity contribution in [2.75, 3.05) is 49.9 Å². The molecule has 2 atom stereocenters. The smallest absolute Gasteiger partial charge is 0.410 e. The first-order valence-corrected chi connectivity index (χ1v) is 23.2. The summed E-state index contributed by atoms with van der Waals surface area (Å²) in [6.45, 7) is 3.11. The number of fused-ring (bicyclic) bond motifs is 2. The van der Waals surface area contributed by atoms with Crippen LogP contribution in [0.1, 0.15) is 25.7 Å². The van der Waals surface area contributed by atoms with Gasteiger partial charge in [-0.05, 0) is 73.9 Å². The Balaban J connectivity index is 0.000000172. The second kappa shape index (κ2) is 21.4. The van der Waals surface area contributed by atoms with Crippen LogP contribution in [0, 0.1) is 23.5 Å². The van der Waals surface area contributed by atoms with E-state index in [9.17, 15) is 18.4 Å². The second-order valence-corrected chi connectivity index (χ2v) is 17.7. The van der Waals surface area contributed by atoms with Crippen molar-refractivity contribution in [1.29, 1.82) is 0 Å². The van der Waals surface area contributed by atoms with E-state index < -0.39 is 17.7 Å². The summed E-state index contributed by atoms with van der Waals surface area (Å²) < 4.78 is 39.9. The Hall–Kier alpha value is -7.15. The number of aromatic amines is 2. The molecule has 0 aliphatic carbocycles. The lowest BCUT2D eigenvalue weighted by atomic mass is 9.98. The third kappa shape index (κ3) is 11.4. The van der Waals surface area contributed by atoms with Crippen LogP contribution in [-0.4, -0.2) is 101 Å². The first-order chi connectivity index (χ1) is 33.5. The monoisotopic (exact) mass is 994 g/mol. The topological polar surface area (TPSA) is 192 Å². The minimum atomic E-state index is -0.560. The van der Waals surface area contributed by atoms with Crippen LogP contribution in [0.15, 0.2) is 104 Å². The van der Waals surface area contributed by atoms with Gasteiger partial charge < -0.3 is 39.9 Å². The number of pyridine rings is 2. The molecular weight excluding hydrogens is 953 g/mol. The molecule has 2 aromatic carbocycles. The van der Waals surface area contributed by atoms with Crippen molar-refractivity contribution >= 4 is 80.7 Å². The summed E-state index contributed by atoms with van der Waals surface area (Å²) in [6.07, 6.45) is 11.4. The van der Waals surface area contributed by atoms with Gasteiger partial charge in [-0.1, -0.05) is 65.1 Å². The minimum absolute atomic E-state index is 0.0927. The number of nitrogens with zero attached hydrogens (tertiary/aromatic N) is 8. The van der Waals surface area contributed by atoms with E-state index in [2.05, 4.69) is 50.5 Å². The lowest BCUT2D eigenvalue weighted by Crippen LogP contribution is -2.43. The summed E-state index contributed by atoms with van der Waals surface area (Å²) in [5.74, 6) is 0.858. The average molecular weight is 996 g/mol. The maximum atomic E-state index is 14.5. The van der Waals surface area contributed by atoms with E-state index in [1.54, 1.807) is 83.1 Å². The minimum Gasteiger partial charge on any atom is -0.410 e. The first kappa shape index (κ1) is 46.9. The van der Waals surface area contributed by atoms with E-state index in [1.807, 2.05) is 18.2 Å². The van der Waals surface area contributed by atoms with Crippen LogP contribution in [0.4, 0.5) is 30.0 Å². The van der Waals surface area contributed by atoms with Crippen LogP contribution in [0.25, 0.3) is 44.8 Å². The highest BCUT2D eigenvalue weighted by molar-refractivity contribution is 6.32. The molecule has 8 aromatic rings. The predicted molar refractivity (Wildman–Crippen MR) is 260 cm³/mol. The summed E-state index contributed by atoms with van der Waals surface area (Å²) >= 11 is 18.3. The molecule has 2 aliphatic rings. The number of carbonyl (C=O) groups excluding carboxylic acids is 2. The summed E-state index contributed by atoms with van der Waals surface area (Å²) in [4.78, 5) is 60.1. The molecule has 21 heteroatoms. The number of H-pyrrole nitrogens is 2. The molecule has 2 saturated heterocycles. The second-order valence-electron chi connectivity index (χ2n) is 16.4.